The summed E-state index contributed by atoms with van der Waals surface area (Å²) in [5.74, 6) is -1.17. The van der Waals surface area contributed by atoms with Crippen molar-refractivity contribution in [3.8, 4) is 0 Å². The maximum atomic E-state index is 12.6. The van der Waals surface area contributed by atoms with E-state index in [1.165, 1.54) is 12.1 Å². The molecule has 0 atom stereocenters. The SMILES string of the molecule is CCCNc1cc(S(=O)(=O)N[C@H]2CC[C@H](C(=O)O)CC2)ccc1Cl. The quantitative estimate of drug-likeness (QED) is 0.681. The molecule has 0 amide bonds. The zero-order valence-electron chi connectivity index (χ0n) is 13.6. The number of halogens is 1. The number of carboxylic acids is 1. The van der Waals surface area contributed by atoms with Crippen molar-refractivity contribution in [3.63, 3.8) is 0 Å². The molecule has 0 unspecified atom stereocenters. The summed E-state index contributed by atoms with van der Waals surface area (Å²) in [6.07, 6.45) is 2.95. The Bertz CT molecular complexity index is 685. The largest absolute Gasteiger partial charge is 0.481 e. The van der Waals surface area contributed by atoms with Gasteiger partial charge in [-0.15, -0.1) is 0 Å². The monoisotopic (exact) mass is 374 g/mol. The Kier molecular flexibility index (Phi) is 6.48. The van der Waals surface area contributed by atoms with Crippen LogP contribution in [0.5, 0.6) is 0 Å². The first-order valence-corrected chi connectivity index (χ1v) is 9.98. The Morgan fingerprint density at radius 3 is 2.54 bits per heavy atom. The van der Waals surface area contributed by atoms with E-state index in [9.17, 15) is 13.2 Å². The lowest BCUT2D eigenvalue weighted by Gasteiger charge is -2.26. The van der Waals surface area contributed by atoms with Gasteiger partial charge in [-0.1, -0.05) is 18.5 Å². The Morgan fingerprint density at radius 2 is 1.96 bits per heavy atom. The van der Waals surface area contributed by atoms with E-state index >= 15 is 0 Å². The first kappa shape index (κ1) is 19.0. The summed E-state index contributed by atoms with van der Waals surface area (Å²) in [6, 6.07) is 4.34. The predicted octanol–water partition coefficient (Wildman–Crippen LogP) is 3.08. The topological polar surface area (TPSA) is 95.5 Å². The molecule has 0 radical (unpaired) electrons. The number of nitrogens with one attached hydrogen (secondary N) is 2. The lowest BCUT2D eigenvalue weighted by atomic mass is 9.87. The highest BCUT2D eigenvalue weighted by Gasteiger charge is 2.29. The Morgan fingerprint density at radius 1 is 1.29 bits per heavy atom. The Hall–Kier alpha value is -1.31. The van der Waals surface area contributed by atoms with Gasteiger partial charge in [-0.05, 0) is 50.3 Å². The number of sulfonamides is 1. The Balaban J connectivity index is 2.06. The number of rotatable bonds is 7. The highest BCUT2D eigenvalue weighted by Crippen LogP contribution is 2.28. The van der Waals surface area contributed by atoms with Crippen LogP contribution in [0.2, 0.25) is 5.02 Å². The number of hydrogen-bond acceptors (Lipinski definition) is 4. The molecule has 1 aliphatic rings. The van der Waals surface area contributed by atoms with Gasteiger partial charge in [-0.25, -0.2) is 13.1 Å². The molecule has 0 heterocycles. The van der Waals surface area contributed by atoms with Gasteiger partial charge in [-0.2, -0.15) is 0 Å². The Labute approximate surface area is 147 Å². The molecular weight excluding hydrogens is 352 g/mol. The molecule has 24 heavy (non-hydrogen) atoms. The highest BCUT2D eigenvalue weighted by molar-refractivity contribution is 7.89. The van der Waals surface area contributed by atoms with Crippen LogP contribution in [0.3, 0.4) is 0 Å². The highest BCUT2D eigenvalue weighted by atomic mass is 35.5. The zero-order chi connectivity index (χ0) is 17.7. The molecule has 1 saturated carbocycles. The maximum Gasteiger partial charge on any atom is 0.306 e. The minimum absolute atomic E-state index is 0.158. The molecule has 8 heteroatoms. The number of benzene rings is 1. The second-order valence-corrected chi connectivity index (χ2v) is 8.20. The summed E-state index contributed by atoms with van der Waals surface area (Å²) in [6.45, 7) is 2.71. The molecule has 6 nitrogen and oxygen atoms in total. The second kappa shape index (κ2) is 8.18. The molecular formula is C16H23ClN2O4S. The van der Waals surface area contributed by atoms with Crippen LogP contribution < -0.4 is 10.0 Å². The van der Waals surface area contributed by atoms with E-state index in [4.69, 9.17) is 16.7 Å². The van der Waals surface area contributed by atoms with E-state index < -0.39 is 16.0 Å². The van der Waals surface area contributed by atoms with Crippen molar-refractivity contribution < 1.29 is 18.3 Å². The van der Waals surface area contributed by atoms with Gasteiger partial charge < -0.3 is 10.4 Å². The van der Waals surface area contributed by atoms with Crippen molar-refractivity contribution in [1.82, 2.24) is 4.72 Å². The van der Waals surface area contributed by atoms with Crippen LogP contribution in [0.15, 0.2) is 23.1 Å². The van der Waals surface area contributed by atoms with Gasteiger partial charge in [-0.3, -0.25) is 4.79 Å². The molecule has 2 rings (SSSR count). The fourth-order valence-electron chi connectivity index (χ4n) is 2.81. The summed E-state index contributed by atoms with van der Waals surface area (Å²) in [5, 5.41) is 12.6. The van der Waals surface area contributed by atoms with Crippen LogP contribution in [-0.2, 0) is 14.8 Å². The van der Waals surface area contributed by atoms with E-state index in [1.54, 1.807) is 6.07 Å². The fraction of sp³-hybridized carbons (Fsp3) is 0.562. The van der Waals surface area contributed by atoms with Crippen LogP contribution in [0.4, 0.5) is 5.69 Å². The minimum atomic E-state index is -3.66. The summed E-state index contributed by atoms with van der Waals surface area (Å²) >= 11 is 6.09. The van der Waals surface area contributed by atoms with E-state index in [1.807, 2.05) is 6.92 Å². The third-order valence-electron chi connectivity index (χ3n) is 4.21. The third kappa shape index (κ3) is 4.84. The van der Waals surface area contributed by atoms with E-state index in [2.05, 4.69) is 10.0 Å². The van der Waals surface area contributed by atoms with Gasteiger partial charge in [0.2, 0.25) is 10.0 Å². The number of carboxylic acid groups (broad SMARTS) is 1. The van der Waals surface area contributed by atoms with Gasteiger partial charge in [0.1, 0.15) is 0 Å². The zero-order valence-corrected chi connectivity index (χ0v) is 15.2. The van der Waals surface area contributed by atoms with Gasteiger partial charge in [0.25, 0.3) is 0 Å². The van der Waals surface area contributed by atoms with Crippen molar-refractivity contribution >= 4 is 33.3 Å². The fourth-order valence-corrected chi connectivity index (χ4v) is 4.33. The van der Waals surface area contributed by atoms with Crippen LogP contribution in [0.25, 0.3) is 0 Å². The van der Waals surface area contributed by atoms with Crippen LogP contribution >= 0.6 is 11.6 Å². The van der Waals surface area contributed by atoms with Crippen LogP contribution in [0.1, 0.15) is 39.0 Å². The molecule has 0 bridgehead atoms. The van der Waals surface area contributed by atoms with E-state index in [0.29, 0.717) is 42.9 Å². The molecule has 3 N–H and O–H groups in total. The number of anilines is 1. The molecule has 1 aliphatic carbocycles. The summed E-state index contributed by atoms with van der Waals surface area (Å²) in [5.41, 5.74) is 0.593. The van der Waals surface area contributed by atoms with Crippen molar-refractivity contribution in [2.24, 2.45) is 5.92 Å². The molecule has 0 aliphatic heterocycles. The maximum absolute atomic E-state index is 12.6. The predicted molar refractivity (Wildman–Crippen MR) is 93.9 cm³/mol. The molecule has 0 saturated heterocycles. The number of aliphatic carboxylic acids is 1. The first-order valence-electron chi connectivity index (χ1n) is 8.12. The molecule has 1 aromatic rings. The lowest BCUT2D eigenvalue weighted by molar-refractivity contribution is -0.142. The average molecular weight is 375 g/mol. The number of carbonyl (C=O) groups is 1. The van der Waals surface area contributed by atoms with E-state index in [0.717, 1.165) is 6.42 Å². The molecule has 1 aromatic carbocycles. The van der Waals surface area contributed by atoms with Crippen LogP contribution in [-0.4, -0.2) is 32.1 Å². The molecule has 134 valence electrons. The summed E-state index contributed by atoms with van der Waals surface area (Å²) in [7, 11) is -3.66. The van der Waals surface area contributed by atoms with Crippen molar-refractivity contribution in [2.45, 2.75) is 50.0 Å². The smallest absolute Gasteiger partial charge is 0.306 e. The average Bonchev–Trinajstić information content (AvgIpc) is 2.54. The van der Waals surface area contributed by atoms with Gasteiger partial charge in [0, 0.05) is 12.6 Å². The normalized spacial score (nSPS) is 21.4. The molecule has 0 spiro atoms. The second-order valence-electron chi connectivity index (χ2n) is 6.08. The number of hydrogen-bond donors (Lipinski definition) is 3. The van der Waals surface area contributed by atoms with Crippen molar-refractivity contribution in [2.75, 3.05) is 11.9 Å². The summed E-state index contributed by atoms with van der Waals surface area (Å²) < 4.78 is 27.8. The molecule has 0 aromatic heterocycles. The molecule has 1 fully saturated rings. The van der Waals surface area contributed by atoms with Gasteiger partial charge in [0.05, 0.1) is 21.5 Å². The van der Waals surface area contributed by atoms with Crippen molar-refractivity contribution in [3.05, 3.63) is 23.2 Å². The van der Waals surface area contributed by atoms with E-state index in [-0.39, 0.29) is 16.9 Å². The standard InChI is InChI=1S/C16H23ClN2O4S/c1-2-9-18-15-10-13(7-8-14(15)17)24(22,23)19-12-5-3-11(4-6-12)16(20)21/h7-8,10-12,18-19H,2-6,9H2,1H3,(H,20,21)/t11-,12-. The minimum Gasteiger partial charge on any atom is -0.481 e. The van der Waals surface area contributed by atoms with Gasteiger partial charge >= 0.3 is 5.97 Å². The first-order chi connectivity index (χ1) is 11.3. The third-order valence-corrected chi connectivity index (χ3v) is 6.06. The lowest BCUT2D eigenvalue weighted by Crippen LogP contribution is -2.38. The van der Waals surface area contributed by atoms with Crippen LogP contribution in [0, 0.1) is 5.92 Å². The summed E-state index contributed by atoms with van der Waals surface area (Å²) in [4.78, 5) is 11.1. The van der Waals surface area contributed by atoms with Crippen molar-refractivity contribution in [1.29, 1.82) is 0 Å². The van der Waals surface area contributed by atoms with Gasteiger partial charge in [0.15, 0.2) is 0 Å².